The van der Waals surface area contributed by atoms with E-state index in [1.54, 1.807) is 0 Å². The number of nitrogens with zero attached hydrogens (tertiary/aromatic N) is 2. The van der Waals surface area contributed by atoms with Gasteiger partial charge in [0.05, 0.1) is 0 Å². The van der Waals surface area contributed by atoms with E-state index in [0.717, 1.165) is 6.54 Å². The minimum atomic E-state index is 1.10. The van der Waals surface area contributed by atoms with Gasteiger partial charge in [-0.05, 0) is 30.7 Å². The molecule has 0 aliphatic rings. The van der Waals surface area contributed by atoms with Gasteiger partial charge in [-0.2, -0.15) is 0 Å². The minimum Gasteiger partial charge on any atom is -0.378 e. The van der Waals surface area contributed by atoms with Crippen molar-refractivity contribution in [3.05, 3.63) is 30.5 Å². The molecule has 0 unspecified atom stereocenters. The van der Waals surface area contributed by atoms with Crippen LogP contribution in [0.4, 0.5) is 5.69 Å². The third-order valence-electron chi connectivity index (χ3n) is 2.74. The van der Waals surface area contributed by atoms with Crippen molar-refractivity contribution in [3.63, 3.8) is 0 Å². The Balaban J connectivity index is 2.47. The number of aromatic nitrogens is 1. The van der Waals surface area contributed by atoms with Crippen LogP contribution in [0, 0.1) is 0 Å². The first-order valence-electron chi connectivity index (χ1n) is 5.48. The zero-order valence-electron chi connectivity index (χ0n) is 9.70. The molecule has 15 heavy (non-hydrogen) atoms. The van der Waals surface area contributed by atoms with Crippen molar-refractivity contribution >= 4 is 16.6 Å². The highest BCUT2D eigenvalue weighted by Gasteiger charge is 2.02. The standard InChI is InChI=1S/C13H18N2/c1-4-8-15-9-7-11-10-12(14(2)3)5-6-13(11)15/h5-7,9-10H,4,8H2,1-3H3. The normalized spacial score (nSPS) is 10.9. The molecule has 0 spiro atoms. The largest absolute Gasteiger partial charge is 0.378 e. The first-order chi connectivity index (χ1) is 7.22. The lowest BCUT2D eigenvalue weighted by molar-refractivity contribution is 0.703. The van der Waals surface area contributed by atoms with Crippen molar-refractivity contribution in [1.29, 1.82) is 0 Å². The fraction of sp³-hybridized carbons (Fsp3) is 0.385. The zero-order valence-corrected chi connectivity index (χ0v) is 9.70. The smallest absolute Gasteiger partial charge is 0.0481 e. The van der Waals surface area contributed by atoms with Gasteiger partial charge in [-0.15, -0.1) is 0 Å². The third-order valence-corrected chi connectivity index (χ3v) is 2.74. The molecular weight excluding hydrogens is 184 g/mol. The van der Waals surface area contributed by atoms with Crippen molar-refractivity contribution < 1.29 is 0 Å². The van der Waals surface area contributed by atoms with Crippen molar-refractivity contribution in [2.45, 2.75) is 19.9 Å². The number of fused-ring (bicyclic) bond motifs is 1. The van der Waals surface area contributed by atoms with E-state index < -0.39 is 0 Å². The molecule has 0 atom stereocenters. The molecule has 2 rings (SSSR count). The third kappa shape index (κ3) is 1.84. The van der Waals surface area contributed by atoms with Gasteiger partial charge in [0.2, 0.25) is 0 Å². The zero-order chi connectivity index (χ0) is 10.8. The Morgan fingerprint density at radius 1 is 1.20 bits per heavy atom. The van der Waals surface area contributed by atoms with E-state index in [1.807, 2.05) is 0 Å². The molecule has 1 aromatic carbocycles. The molecule has 2 aromatic rings. The molecule has 0 amide bonds. The van der Waals surface area contributed by atoms with Crippen molar-refractivity contribution in [3.8, 4) is 0 Å². The molecule has 1 heterocycles. The van der Waals surface area contributed by atoms with Crippen LogP contribution in [0.2, 0.25) is 0 Å². The van der Waals surface area contributed by atoms with Gasteiger partial charge in [-0.3, -0.25) is 0 Å². The lowest BCUT2D eigenvalue weighted by Gasteiger charge is -2.12. The summed E-state index contributed by atoms with van der Waals surface area (Å²) >= 11 is 0. The topological polar surface area (TPSA) is 8.17 Å². The molecule has 0 aliphatic carbocycles. The first-order valence-corrected chi connectivity index (χ1v) is 5.48. The van der Waals surface area contributed by atoms with Crippen LogP contribution in [0.25, 0.3) is 10.9 Å². The Bertz CT molecular complexity index is 455. The first kappa shape index (κ1) is 10.1. The predicted molar refractivity (Wildman–Crippen MR) is 66.6 cm³/mol. The molecule has 80 valence electrons. The fourth-order valence-corrected chi connectivity index (χ4v) is 1.90. The maximum atomic E-state index is 2.31. The van der Waals surface area contributed by atoms with Crippen LogP contribution in [-0.2, 0) is 6.54 Å². The number of benzene rings is 1. The number of aryl methyl sites for hydroxylation is 1. The van der Waals surface area contributed by atoms with Gasteiger partial charge in [0.15, 0.2) is 0 Å². The average Bonchev–Trinajstić information content (AvgIpc) is 2.61. The molecule has 2 nitrogen and oxygen atoms in total. The summed E-state index contributed by atoms with van der Waals surface area (Å²) in [6, 6.07) is 8.81. The molecule has 0 N–H and O–H groups in total. The highest BCUT2D eigenvalue weighted by Crippen LogP contribution is 2.22. The monoisotopic (exact) mass is 202 g/mol. The summed E-state index contributed by atoms with van der Waals surface area (Å²) < 4.78 is 2.31. The van der Waals surface area contributed by atoms with Gasteiger partial charge < -0.3 is 9.47 Å². The molecule has 0 radical (unpaired) electrons. The molecule has 1 aromatic heterocycles. The van der Waals surface area contributed by atoms with Crippen LogP contribution < -0.4 is 4.90 Å². The molecule has 0 saturated carbocycles. The molecule has 0 bridgehead atoms. The molecule has 2 heteroatoms. The van der Waals surface area contributed by atoms with Gasteiger partial charge in [-0.25, -0.2) is 0 Å². The summed E-state index contributed by atoms with van der Waals surface area (Å²) in [4.78, 5) is 2.14. The van der Waals surface area contributed by atoms with Gasteiger partial charge in [0.1, 0.15) is 0 Å². The van der Waals surface area contributed by atoms with Gasteiger partial charge in [0, 0.05) is 43.4 Å². The number of rotatable bonds is 3. The number of hydrogen-bond acceptors (Lipinski definition) is 1. The van der Waals surface area contributed by atoms with Crippen molar-refractivity contribution in [2.24, 2.45) is 0 Å². The minimum absolute atomic E-state index is 1.10. The summed E-state index contributed by atoms with van der Waals surface area (Å²) in [7, 11) is 4.15. The van der Waals surface area contributed by atoms with E-state index in [2.05, 4.69) is 60.9 Å². The lowest BCUT2D eigenvalue weighted by Crippen LogP contribution is -2.08. The Morgan fingerprint density at radius 2 is 2.00 bits per heavy atom. The molecule has 0 aliphatic heterocycles. The maximum Gasteiger partial charge on any atom is 0.0481 e. The second-order valence-electron chi connectivity index (χ2n) is 4.15. The lowest BCUT2D eigenvalue weighted by atomic mass is 10.2. The van der Waals surface area contributed by atoms with Gasteiger partial charge in [-0.1, -0.05) is 6.92 Å². The van der Waals surface area contributed by atoms with E-state index in [9.17, 15) is 0 Å². The number of anilines is 1. The van der Waals surface area contributed by atoms with Crippen LogP contribution in [0.1, 0.15) is 13.3 Å². The Labute approximate surface area is 91.1 Å². The van der Waals surface area contributed by atoms with Gasteiger partial charge in [0.25, 0.3) is 0 Å². The Kier molecular flexibility index (Phi) is 2.67. The van der Waals surface area contributed by atoms with Crippen LogP contribution in [-0.4, -0.2) is 18.7 Å². The van der Waals surface area contributed by atoms with E-state index in [1.165, 1.54) is 23.0 Å². The summed E-state index contributed by atoms with van der Waals surface area (Å²) in [5.74, 6) is 0. The van der Waals surface area contributed by atoms with Gasteiger partial charge >= 0.3 is 0 Å². The highest BCUT2D eigenvalue weighted by molar-refractivity contribution is 5.83. The van der Waals surface area contributed by atoms with Crippen molar-refractivity contribution in [1.82, 2.24) is 4.57 Å². The summed E-state index contributed by atoms with van der Waals surface area (Å²) in [6.45, 7) is 3.31. The Morgan fingerprint density at radius 3 is 2.67 bits per heavy atom. The molecule has 0 fully saturated rings. The van der Waals surface area contributed by atoms with Crippen LogP contribution in [0.3, 0.4) is 0 Å². The summed E-state index contributed by atoms with van der Waals surface area (Å²) in [6.07, 6.45) is 3.35. The maximum absolute atomic E-state index is 2.31. The van der Waals surface area contributed by atoms with Crippen LogP contribution >= 0.6 is 0 Å². The van der Waals surface area contributed by atoms with E-state index >= 15 is 0 Å². The van der Waals surface area contributed by atoms with E-state index in [-0.39, 0.29) is 0 Å². The quantitative estimate of drug-likeness (QED) is 0.742. The van der Waals surface area contributed by atoms with E-state index in [0.29, 0.717) is 0 Å². The highest BCUT2D eigenvalue weighted by atomic mass is 15.1. The van der Waals surface area contributed by atoms with Crippen molar-refractivity contribution in [2.75, 3.05) is 19.0 Å². The molecular formula is C13H18N2. The van der Waals surface area contributed by atoms with E-state index in [4.69, 9.17) is 0 Å². The van der Waals surface area contributed by atoms with Crippen LogP contribution in [0.5, 0.6) is 0 Å². The van der Waals surface area contributed by atoms with Crippen LogP contribution in [0.15, 0.2) is 30.5 Å². The SMILES string of the molecule is CCCn1ccc2cc(N(C)C)ccc21. The average molecular weight is 202 g/mol. The predicted octanol–water partition coefficient (Wildman–Crippen LogP) is 3.12. The summed E-state index contributed by atoms with van der Waals surface area (Å²) in [5.41, 5.74) is 2.60. The fourth-order valence-electron chi connectivity index (χ4n) is 1.90. The summed E-state index contributed by atoms with van der Waals surface area (Å²) in [5, 5.41) is 1.33. The second-order valence-corrected chi connectivity index (χ2v) is 4.15. The Hall–Kier alpha value is -1.44. The molecule has 0 saturated heterocycles. The second kappa shape index (κ2) is 3.97. The number of hydrogen-bond donors (Lipinski definition) is 0.